The van der Waals surface area contributed by atoms with E-state index in [1.807, 2.05) is 51.9 Å². The minimum Gasteiger partial charge on any atom is -0.352 e. The van der Waals surface area contributed by atoms with Crippen molar-refractivity contribution >= 4 is 11.8 Å². The Morgan fingerprint density at radius 1 is 1.26 bits per heavy atom. The molecular formula is C21H34N4O2. The molecule has 0 bridgehead atoms. The maximum Gasteiger partial charge on any atom is 0.253 e. The molecule has 0 aromatic carbocycles. The van der Waals surface area contributed by atoms with Gasteiger partial charge in [-0.2, -0.15) is 0 Å². The molecule has 0 aliphatic carbocycles. The summed E-state index contributed by atoms with van der Waals surface area (Å²) in [5, 5.41) is 3.03. The standard InChI is InChI=1S/C21H34N4O2/c1-15(2)21(27)25-13-9-17(10-14-25)19-18(8-7-16(3)23-19)20(26)22-11-6-12-24(4)5/h7-8,15,17H,6,9-14H2,1-5H3,(H,22,26). The van der Waals surface area contributed by atoms with Crippen LogP contribution in [0.15, 0.2) is 12.1 Å². The van der Waals surface area contributed by atoms with Crippen molar-refractivity contribution in [3.05, 3.63) is 29.1 Å². The molecule has 1 saturated heterocycles. The third-order valence-electron chi connectivity index (χ3n) is 5.06. The monoisotopic (exact) mass is 374 g/mol. The molecule has 1 aliphatic rings. The Morgan fingerprint density at radius 2 is 1.93 bits per heavy atom. The quantitative estimate of drug-likeness (QED) is 0.745. The molecule has 1 aliphatic heterocycles. The zero-order valence-electron chi connectivity index (χ0n) is 17.4. The number of aromatic nitrogens is 1. The number of amides is 2. The molecular weight excluding hydrogens is 340 g/mol. The number of pyridine rings is 1. The normalized spacial score (nSPS) is 15.4. The number of carbonyl (C=O) groups is 2. The van der Waals surface area contributed by atoms with E-state index in [1.54, 1.807) is 0 Å². The highest BCUT2D eigenvalue weighted by molar-refractivity contribution is 5.95. The smallest absolute Gasteiger partial charge is 0.253 e. The minimum absolute atomic E-state index is 0.0298. The van der Waals surface area contributed by atoms with Crippen LogP contribution < -0.4 is 5.32 Å². The first-order chi connectivity index (χ1) is 12.8. The largest absolute Gasteiger partial charge is 0.352 e. The van der Waals surface area contributed by atoms with Crippen molar-refractivity contribution < 1.29 is 9.59 Å². The molecule has 1 N–H and O–H groups in total. The second kappa shape index (κ2) is 9.83. The Bertz CT molecular complexity index is 650. The van der Waals surface area contributed by atoms with Crippen molar-refractivity contribution in [1.29, 1.82) is 0 Å². The number of piperidine rings is 1. The Morgan fingerprint density at radius 3 is 2.52 bits per heavy atom. The van der Waals surface area contributed by atoms with E-state index in [1.165, 1.54) is 0 Å². The van der Waals surface area contributed by atoms with Crippen molar-refractivity contribution in [3.8, 4) is 0 Å². The molecule has 1 aromatic rings. The van der Waals surface area contributed by atoms with Crippen LogP contribution in [0.25, 0.3) is 0 Å². The Hall–Kier alpha value is -1.95. The van der Waals surface area contributed by atoms with Gasteiger partial charge in [0.2, 0.25) is 5.91 Å². The van der Waals surface area contributed by atoms with Crippen LogP contribution in [0.3, 0.4) is 0 Å². The molecule has 1 fully saturated rings. The Labute approximate surface area is 163 Å². The first-order valence-corrected chi connectivity index (χ1v) is 9.98. The molecule has 27 heavy (non-hydrogen) atoms. The fraction of sp³-hybridized carbons (Fsp3) is 0.667. The molecule has 0 saturated carbocycles. The summed E-state index contributed by atoms with van der Waals surface area (Å²) in [5.74, 6) is 0.423. The SMILES string of the molecule is Cc1ccc(C(=O)NCCCN(C)C)c(C2CCN(C(=O)C(C)C)CC2)n1. The van der Waals surface area contributed by atoms with Gasteiger partial charge in [0.25, 0.3) is 5.91 Å². The topological polar surface area (TPSA) is 65.5 Å². The molecule has 1 aromatic heterocycles. The van der Waals surface area contributed by atoms with Crippen molar-refractivity contribution in [3.63, 3.8) is 0 Å². The third-order valence-corrected chi connectivity index (χ3v) is 5.06. The van der Waals surface area contributed by atoms with Gasteiger partial charge in [0.05, 0.1) is 11.3 Å². The highest BCUT2D eigenvalue weighted by Crippen LogP contribution is 2.30. The number of hydrogen-bond donors (Lipinski definition) is 1. The van der Waals surface area contributed by atoms with E-state index in [0.717, 1.165) is 50.3 Å². The van der Waals surface area contributed by atoms with Crippen LogP contribution in [0.1, 0.15) is 60.8 Å². The van der Waals surface area contributed by atoms with E-state index in [0.29, 0.717) is 12.1 Å². The second-order valence-electron chi connectivity index (χ2n) is 8.05. The summed E-state index contributed by atoms with van der Waals surface area (Å²) in [6.45, 7) is 8.92. The average Bonchev–Trinajstić information content (AvgIpc) is 2.64. The molecule has 0 radical (unpaired) electrons. The molecule has 0 spiro atoms. The van der Waals surface area contributed by atoms with E-state index in [-0.39, 0.29) is 23.7 Å². The van der Waals surface area contributed by atoms with Gasteiger partial charge in [0.15, 0.2) is 0 Å². The van der Waals surface area contributed by atoms with Gasteiger partial charge in [-0.05, 0) is 59.0 Å². The van der Waals surface area contributed by atoms with Crippen molar-refractivity contribution in [2.75, 3.05) is 40.3 Å². The first kappa shape index (κ1) is 21.4. The summed E-state index contributed by atoms with van der Waals surface area (Å²) in [7, 11) is 4.06. The maximum atomic E-state index is 12.7. The van der Waals surface area contributed by atoms with Gasteiger partial charge in [-0.3, -0.25) is 14.6 Å². The molecule has 150 valence electrons. The van der Waals surface area contributed by atoms with Crippen LogP contribution >= 0.6 is 0 Å². The number of aryl methyl sites for hydroxylation is 1. The van der Waals surface area contributed by atoms with E-state index in [2.05, 4.69) is 10.2 Å². The molecule has 6 nitrogen and oxygen atoms in total. The Kier molecular flexibility index (Phi) is 7.78. The second-order valence-corrected chi connectivity index (χ2v) is 8.05. The summed E-state index contributed by atoms with van der Waals surface area (Å²) in [6, 6.07) is 3.79. The van der Waals surface area contributed by atoms with Crippen LogP contribution in [0.4, 0.5) is 0 Å². The first-order valence-electron chi connectivity index (χ1n) is 9.98. The van der Waals surface area contributed by atoms with Crippen molar-refractivity contribution in [1.82, 2.24) is 20.1 Å². The van der Waals surface area contributed by atoms with E-state index >= 15 is 0 Å². The number of likely N-dealkylation sites (tertiary alicyclic amines) is 1. The van der Waals surface area contributed by atoms with Gasteiger partial charge >= 0.3 is 0 Å². The summed E-state index contributed by atoms with van der Waals surface area (Å²) < 4.78 is 0. The van der Waals surface area contributed by atoms with Crippen LogP contribution in [-0.2, 0) is 4.79 Å². The lowest BCUT2D eigenvalue weighted by atomic mass is 9.89. The number of nitrogens with one attached hydrogen (secondary N) is 1. The highest BCUT2D eigenvalue weighted by Gasteiger charge is 2.28. The van der Waals surface area contributed by atoms with E-state index < -0.39 is 0 Å². The van der Waals surface area contributed by atoms with Gasteiger partial charge < -0.3 is 15.1 Å². The van der Waals surface area contributed by atoms with Crippen molar-refractivity contribution in [2.24, 2.45) is 5.92 Å². The highest BCUT2D eigenvalue weighted by atomic mass is 16.2. The van der Waals surface area contributed by atoms with Crippen LogP contribution in [-0.4, -0.2) is 66.9 Å². The van der Waals surface area contributed by atoms with E-state index in [4.69, 9.17) is 4.98 Å². The van der Waals surface area contributed by atoms with Gasteiger partial charge in [-0.1, -0.05) is 13.8 Å². The summed E-state index contributed by atoms with van der Waals surface area (Å²) >= 11 is 0. The third kappa shape index (κ3) is 6.03. The molecule has 0 atom stereocenters. The number of nitrogens with zero attached hydrogens (tertiary/aromatic N) is 3. The lowest BCUT2D eigenvalue weighted by Gasteiger charge is -2.33. The van der Waals surface area contributed by atoms with Gasteiger partial charge in [0, 0.05) is 37.2 Å². The van der Waals surface area contributed by atoms with Crippen LogP contribution in [0.5, 0.6) is 0 Å². The fourth-order valence-electron chi connectivity index (χ4n) is 3.51. The van der Waals surface area contributed by atoms with Crippen LogP contribution in [0, 0.1) is 12.8 Å². The zero-order chi connectivity index (χ0) is 20.0. The number of rotatable bonds is 7. The van der Waals surface area contributed by atoms with Crippen molar-refractivity contribution in [2.45, 2.75) is 46.0 Å². The summed E-state index contributed by atoms with van der Waals surface area (Å²) in [4.78, 5) is 33.7. The molecule has 0 unspecified atom stereocenters. The van der Waals surface area contributed by atoms with Crippen LogP contribution in [0.2, 0.25) is 0 Å². The fourth-order valence-corrected chi connectivity index (χ4v) is 3.51. The van der Waals surface area contributed by atoms with Gasteiger partial charge in [0.1, 0.15) is 0 Å². The lowest BCUT2D eigenvalue weighted by molar-refractivity contribution is -0.135. The molecule has 2 heterocycles. The number of carbonyl (C=O) groups excluding carboxylic acids is 2. The predicted molar refractivity (Wildman–Crippen MR) is 108 cm³/mol. The zero-order valence-corrected chi connectivity index (χ0v) is 17.4. The maximum absolute atomic E-state index is 12.7. The summed E-state index contributed by atoms with van der Waals surface area (Å²) in [5.41, 5.74) is 2.49. The van der Waals surface area contributed by atoms with Gasteiger partial charge in [-0.15, -0.1) is 0 Å². The minimum atomic E-state index is -0.0445. The Balaban J connectivity index is 2.03. The predicted octanol–water partition coefficient (Wildman–Crippen LogP) is 2.43. The number of hydrogen-bond acceptors (Lipinski definition) is 4. The molecule has 2 amide bonds. The lowest BCUT2D eigenvalue weighted by Crippen LogP contribution is -2.40. The average molecular weight is 375 g/mol. The van der Waals surface area contributed by atoms with Gasteiger partial charge in [-0.25, -0.2) is 0 Å². The molecule has 2 rings (SSSR count). The van der Waals surface area contributed by atoms with E-state index in [9.17, 15) is 9.59 Å². The molecule has 6 heteroatoms. The summed E-state index contributed by atoms with van der Waals surface area (Å²) in [6.07, 6.45) is 2.63.